The van der Waals surface area contributed by atoms with E-state index < -0.39 is 0 Å². The predicted octanol–water partition coefficient (Wildman–Crippen LogP) is 12.7. The molecule has 0 saturated carbocycles. The molecule has 4 heteroatoms. The van der Waals surface area contributed by atoms with E-state index in [-0.39, 0.29) is 12.2 Å². The Labute approximate surface area is 270 Å². The molecule has 1 unspecified atom stereocenters. The van der Waals surface area contributed by atoms with Crippen LogP contribution < -0.4 is 0 Å². The Morgan fingerprint density at radius 3 is 1.33 bits per heavy atom. The highest BCUT2D eigenvalue weighted by molar-refractivity contribution is 5.84. The summed E-state index contributed by atoms with van der Waals surface area (Å²) in [5.74, 6) is 1.12. The van der Waals surface area contributed by atoms with Crippen LogP contribution in [0.3, 0.4) is 0 Å². The zero-order valence-electron chi connectivity index (χ0n) is 29.6. The summed E-state index contributed by atoms with van der Waals surface area (Å²) in [4.78, 5) is 19.4. The van der Waals surface area contributed by atoms with E-state index in [0.717, 1.165) is 38.2 Å². The van der Waals surface area contributed by atoms with E-state index in [2.05, 4.69) is 18.7 Å². The molecular weight excluding hydrogens is 528 g/mol. The Kier molecular flexibility index (Phi) is 28.8. The van der Waals surface area contributed by atoms with E-state index in [1.165, 1.54) is 173 Å². The normalized spacial score (nSPS) is 13.9. The van der Waals surface area contributed by atoms with Gasteiger partial charge in [0.15, 0.2) is 6.23 Å². The maximum atomic E-state index is 12.5. The van der Waals surface area contributed by atoms with Crippen LogP contribution in [0.5, 0.6) is 0 Å². The van der Waals surface area contributed by atoms with Crippen LogP contribution >= 0.6 is 0 Å². The van der Waals surface area contributed by atoms with Gasteiger partial charge in [-0.3, -0.25) is 9.79 Å². The number of ether oxygens (including phenoxy) is 1. The molecule has 0 aromatic rings. The van der Waals surface area contributed by atoms with E-state index in [1.54, 1.807) is 0 Å². The second-order valence-electron chi connectivity index (χ2n) is 13.6. The van der Waals surface area contributed by atoms with Crippen LogP contribution in [0.2, 0.25) is 0 Å². The maximum absolute atomic E-state index is 12.5. The van der Waals surface area contributed by atoms with Crippen LogP contribution in [-0.4, -0.2) is 36.0 Å². The predicted molar refractivity (Wildman–Crippen MR) is 189 cm³/mol. The van der Waals surface area contributed by atoms with Gasteiger partial charge in [0.1, 0.15) is 5.84 Å². The van der Waals surface area contributed by atoms with Crippen LogP contribution in [0.25, 0.3) is 0 Å². The Hall–Kier alpha value is -1.06. The molecular formula is C39H76N2O2. The third-order valence-electron chi connectivity index (χ3n) is 9.45. The van der Waals surface area contributed by atoms with Gasteiger partial charge in [0.25, 0.3) is 0 Å². The van der Waals surface area contributed by atoms with Crippen molar-refractivity contribution in [3.63, 3.8) is 0 Å². The molecule has 4 nitrogen and oxygen atoms in total. The number of hydrogen-bond donors (Lipinski definition) is 0. The molecule has 0 amide bonds. The zero-order valence-corrected chi connectivity index (χ0v) is 29.6. The molecule has 1 aliphatic heterocycles. The summed E-state index contributed by atoms with van der Waals surface area (Å²) in [6.45, 7) is 8.34. The standard InChI is InChI=1S/C39H76N2O2/c1-4-6-8-10-12-14-16-18-20-22-24-26-28-30-32-34-39(42)43-37(3)41-36-35-40-38(41)33-31-29-27-25-23-21-19-17-15-13-11-9-7-5-2/h37H,4-36H2,1-3H3. The van der Waals surface area contributed by atoms with Crippen molar-refractivity contribution in [3.8, 4) is 0 Å². The average Bonchev–Trinajstić information content (AvgIpc) is 3.48. The van der Waals surface area contributed by atoms with Crippen molar-refractivity contribution in [2.45, 2.75) is 226 Å². The van der Waals surface area contributed by atoms with Gasteiger partial charge in [-0.1, -0.05) is 187 Å². The van der Waals surface area contributed by atoms with E-state index in [9.17, 15) is 4.79 Å². The van der Waals surface area contributed by atoms with Gasteiger partial charge in [-0.25, -0.2) is 0 Å². The van der Waals surface area contributed by atoms with Crippen LogP contribution in [0.1, 0.15) is 220 Å². The van der Waals surface area contributed by atoms with E-state index in [1.807, 2.05) is 6.92 Å². The quantitative estimate of drug-likeness (QED) is 0.0552. The molecule has 254 valence electrons. The van der Waals surface area contributed by atoms with Gasteiger partial charge in [0.2, 0.25) is 0 Å². The molecule has 0 aromatic carbocycles. The SMILES string of the molecule is CCCCCCCCCCCCCCCCCC(=O)OC(C)N1CCN=C1CCCCCCCCCCCCCCCC. The van der Waals surface area contributed by atoms with E-state index in [0.29, 0.717) is 6.42 Å². The number of unbranched alkanes of at least 4 members (excludes halogenated alkanes) is 27. The number of aliphatic imine (C=N–C) groups is 1. The number of amidine groups is 1. The summed E-state index contributed by atoms with van der Waals surface area (Å²) in [6, 6.07) is 0. The van der Waals surface area contributed by atoms with Gasteiger partial charge < -0.3 is 9.64 Å². The van der Waals surface area contributed by atoms with Crippen LogP contribution in [0.4, 0.5) is 0 Å². The highest BCUT2D eigenvalue weighted by Crippen LogP contribution is 2.18. The third kappa shape index (κ3) is 24.9. The first-order valence-corrected chi connectivity index (χ1v) is 19.7. The lowest BCUT2D eigenvalue weighted by molar-refractivity contribution is -0.154. The highest BCUT2D eigenvalue weighted by atomic mass is 16.6. The number of nitrogens with zero attached hydrogens (tertiary/aromatic N) is 2. The van der Waals surface area contributed by atoms with Gasteiger partial charge >= 0.3 is 5.97 Å². The van der Waals surface area contributed by atoms with Crippen molar-refractivity contribution in [2.24, 2.45) is 4.99 Å². The molecule has 0 saturated heterocycles. The fourth-order valence-corrected chi connectivity index (χ4v) is 6.55. The Bertz CT molecular complexity index is 635. The fraction of sp³-hybridized carbons (Fsp3) is 0.949. The molecule has 0 spiro atoms. The highest BCUT2D eigenvalue weighted by Gasteiger charge is 2.24. The zero-order chi connectivity index (χ0) is 31.1. The number of esters is 1. The van der Waals surface area contributed by atoms with Gasteiger partial charge in [-0.15, -0.1) is 0 Å². The van der Waals surface area contributed by atoms with Crippen molar-refractivity contribution >= 4 is 11.8 Å². The molecule has 0 aliphatic carbocycles. The van der Waals surface area contributed by atoms with Crippen molar-refractivity contribution in [3.05, 3.63) is 0 Å². The van der Waals surface area contributed by atoms with Crippen molar-refractivity contribution in [1.82, 2.24) is 4.90 Å². The maximum Gasteiger partial charge on any atom is 0.307 e. The smallest absolute Gasteiger partial charge is 0.307 e. The summed E-state index contributed by atoms with van der Waals surface area (Å²) >= 11 is 0. The largest absolute Gasteiger partial charge is 0.442 e. The van der Waals surface area contributed by atoms with Crippen molar-refractivity contribution in [2.75, 3.05) is 13.1 Å². The molecule has 0 bridgehead atoms. The lowest BCUT2D eigenvalue weighted by Crippen LogP contribution is -2.39. The van der Waals surface area contributed by atoms with E-state index in [4.69, 9.17) is 9.73 Å². The lowest BCUT2D eigenvalue weighted by atomic mass is 10.0. The molecule has 43 heavy (non-hydrogen) atoms. The minimum atomic E-state index is -0.184. The second kappa shape index (κ2) is 30.9. The van der Waals surface area contributed by atoms with Crippen molar-refractivity contribution in [1.29, 1.82) is 0 Å². The summed E-state index contributed by atoms with van der Waals surface area (Å²) in [7, 11) is 0. The van der Waals surface area contributed by atoms with Crippen molar-refractivity contribution < 1.29 is 9.53 Å². The minimum Gasteiger partial charge on any atom is -0.442 e. The summed E-state index contributed by atoms with van der Waals surface area (Å²) < 4.78 is 5.81. The average molecular weight is 605 g/mol. The molecule has 1 heterocycles. The Morgan fingerprint density at radius 1 is 0.581 bits per heavy atom. The number of carbonyl (C=O) groups excluding carboxylic acids is 1. The summed E-state index contributed by atoms with van der Waals surface area (Å²) in [5, 5.41) is 0. The van der Waals surface area contributed by atoms with Crippen LogP contribution in [-0.2, 0) is 9.53 Å². The topological polar surface area (TPSA) is 41.9 Å². The molecule has 0 aromatic heterocycles. The molecule has 0 N–H and O–H groups in total. The minimum absolute atomic E-state index is 0.0371. The van der Waals surface area contributed by atoms with Crippen LogP contribution in [0.15, 0.2) is 4.99 Å². The number of rotatable bonds is 33. The van der Waals surface area contributed by atoms with Gasteiger partial charge in [0, 0.05) is 19.4 Å². The first-order chi connectivity index (χ1) is 21.2. The number of hydrogen-bond acceptors (Lipinski definition) is 4. The first-order valence-electron chi connectivity index (χ1n) is 19.7. The Morgan fingerprint density at radius 2 is 0.930 bits per heavy atom. The molecule has 1 atom stereocenters. The first kappa shape index (κ1) is 40.0. The number of carbonyl (C=O) groups is 1. The molecule has 0 fully saturated rings. The van der Waals surface area contributed by atoms with Gasteiger partial charge in [0.05, 0.1) is 6.54 Å². The lowest BCUT2D eigenvalue weighted by Gasteiger charge is -2.27. The van der Waals surface area contributed by atoms with E-state index >= 15 is 0 Å². The van der Waals surface area contributed by atoms with Crippen LogP contribution in [0, 0.1) is 0 Å². The van der Waals surface area contributed by atoms with Gasteiger partial charge in [-0.2, -0.15) is 0 Å². The summed E-state index contributed by atoms with van der Waals surface area (Å²) in [6.07, 6.45) is 41.0. The monoisotopic (exact) mass is 605 g/mol. The third-order valence-corrected chi connectivity index (χ3v) is 9.45. The molecule has 1 rings (SSSR count). The molecule has 0 radical (unpaired) electrons. The second-order valence-corrected chi connectivity index (χ2v) is 13.6. The Balaban J connectivity index is 1.92. The summed E-state index contributed by atoms with van der Waals surface area (Å²) in [5.41, 5.74) is 0. The molecule has 1 aliphatic rings. The fourth-order valence-electron chi connectivity index (χ4n) is 6.55. The van der Waals surface area contributed by atoms with Gasteiger partial charge in [-0.05, 0) is 19.8 Å².